The highest BCUT2D eigenvalue weighted by Crippen LogP contribution is 2.33. The van der Waals surface area contributed by atoms with Gasteiger partial charge in [0.15, 0.2) is 5.17 Å². The standard InChI is InChI=1S/C12H16N2S/c1-12(10-6-3-2-4-7-10)8-5-9-15-11(13)14-12/h2-4,6-7H,5,8-9H2,1H3,(H2,13,14). The molecule has 2 nitrogen and oxygen atoms in total. The van der Waals surface area contributed by atoms with Gasteiger partial charge in [0.1, 0.15) is 0 Å². The van der Waals surface area contributed by atoms with Crippen molar-refractivity contribution in [1.29, 1.82) is 0 Å². The molecule has 0 amide bonds. The highest BCUT2D eigenvalue weighted by molar-refractivity contribution is 8.13. The van der Waals surface area contributed by atoms with E-state index in [1.54, 1.807) is 11.8 Å². The second-order valence-corrected chi connectivity index (χ2v) is 5.16. The molecule has 0 aliphatic carbocycles. The zero-order valence-electron chi connectivity index (χ0n) is 8.94. The Kier molecular flexibility index (Phi) is 3.00. The van der Waals surface area contributed by atoms with Crippen molar-refractivity contribution in [3.63, 3.8) is 0 Å². The molecule has 2 N–H and O–H groups in total. The van der Waals surface area contributed by atoms with Crippen molar-refractivity contribution >= 4 is 16.9 Å². The fourth-order valence-corrected chi connectivity index (χ4v) is 2.69. The molecule has 1 aromatic carbocycles. The van der Waals surface area contributed by atoms with Gasteiger partial charge in [0.25, 0.3) is 0 Å². The van der Waals surface area contributed by atoms with E-state index in [2.05, 4.69) is 36.2 Å². The van der Waals surface area contributed by atoms with Crippen LogP contribution in [0.3, 0.4) is 0 Å². The Morgan fingerprint density at radius 1 is 1.33 bits per heavy atom. The quantitative estimate of drug-likeness (QED) is 0.790. The largest absolute Gasteiger partial charge is 0.379 e. The van der Waals surface area contributed by atoms with Gasteiger partial charge in [-0.1, -0.05) is 42.1 Å². The van der Waals surface area contributed by atoms with Gasteiger partial charge in [-0.15, -0.1) is 0 Å². The van der Waals surface area contributed by atoms with Crippen molar-refractivity contribution in [3.05, 3.63) is 35.9 Å². The van der Waals surface area contributed by atoms with Crippen LogP contribution in [0.5, 0.6) is 0 Å². The molecule has 0 radical (unpaired) electrons. The SMILES string of the molecule is CC1(c2ccccc2)CCCSC(N)=N1. The van der Waals surface area contributed by atoms with Crippen molar-refractivity contribution in [2.45, 2.75) is 25.3 Å². The average molecular weight is 220 g/mol. The smallest absolute Gasteiger partial charge is 0.154 e. The second-order valence-electron chi connectivity index (χ2n) is 4.04. The summed E-state index contributed by atoms with van der Waals surface area (Å²) in [6.07, 6.45) is 2.24. The Labute approximate surface area is 95.0 Å². The summed E-state index contributed by atoms with van der Waals surface area (Å²) in [6, 6.07) is 10.4. The van der Waals surface area contributed by atoms with Gasteiger partial charge in [-0.2, -0.15) is 0 Å². The van der Waals surface area contributed by atoms with Crippen LogP contribution in [0.4, 0.5) is 0 Å². The first-order valence-corrected chi connectivity index (χ1v) is 6.23. The van der Waals surface area contributed by atoms with Crippen LogP contribution in [0.25, 0.3) is 0 Å². The van der Waals surface area contributed by atoms with Crippen LogP contribution in [-0.4, -0.2) is 10.9 Å². The van der Waals surface area contributed by atoms with Crippen LogP contribution in [-0.2, 0) is 5.54 Å². The fraction of sp³-hybridized carbons (Fsp3) is 0.417. The number of hydrogen-bond acceptors (Lipinski definition) is 3. The third kappa shape index (κ3) is 2.34. The van der Waals surface area contributed by atoms with Crippen LogP contribution < -0.4 is 5.73 Å². The number of hydrogen-bond donors (Lipinski definition) is 1. The van der Waals surface area contributed by atoms with E-state index in [1.807, 2.05) is 6.07 Å². The molecule has 1 atom stereocenters. The summed E-state index contributed by atoms with van der Waals surface area (Å²) in [6.45, 7) is 2.17. The molecule has 80 valence electrons. The Morgan fingerprint density at radius 3 is 2.80 bits per heavy atom. The number of benzene rings is 1. The summed E-state index contributed by atoms with van der Waals surface area (Å²) in [5.74, 6) is 1.08. The van der Waals surface area contributed by atoms with Crippen molar-refractivity contribution in [2.75, 3.05) is 5.75 Å². The molecule has 0 bridgehead atoms. The van der Waals surface area contributed by atoms with E-state index in [0.29, 0.717) is 0 Å². The molecular weight excluding hydrogens is 204 g/mol. The predicted molar refractivity (Wildman–Crippen MR) is 67.1 cm³/mol. The van der Waals surface area contributed by atoms with E-state index in [9.17, 15) is 0 Å². The van der Waals surface area contributed by atoms with Gasteiger partial charge < -0.3 is 5.73 Å². The minimum atomic E-state index is -0.130. The lowest BCUT2D eigenvalue weighted by Crippen LogP contribution is -2.21. The third-order valence-electron chi connectivity index (χ3n) is 2.81. The van der Waals surface area contributed by atoms with Gasteiger partial charge in [-0.05, 0) is 25.3 Å². The van der Waals surface area contributed by atoms with Gasteiger partial charge in [-0.3, -0.25) is 4.99 Å². The number of nitrogens with two attached hydrogens (primary N) is 1. The fourth-order valence-electron chi connectivity index (χ4n) is 1.93. The molecule has 0 spiro atoms. The van der Waals surface area contributed by atoms with E-state index in [1.165, 1.54) is 12.0 Å². The van der Waals surface area contributed by atoms with Crippen LogP contribution in [0.2, 0.25) is 0 Å². The van der Waals surface area contributed by atoms with Crippen LogP contribution in [0, 0.1) is 0 Å². The molecule has 15 heavy (non-hydrogen) atoms. The lowest BCUT2D eigenvalue weighted by Gasteiger charge is -2.24. The van der Waals surface area contributed by atoms with Gasteiger partial charge in [0.2, 0.25) is 0 Å². The topological polar surface area (TPSA) is 38.4 Å². The molecule has 1 unspecified atom stereocenters. The summed E-state index contributed by atoms with van der Waals surface area (Å²) in [4.78, 5) is 4.64. The first-order valence-electron chi connectivity index (χ1n) is 5.24. The van der Waals surface area contributed by atoms with Crippen molar-refractivity contribution in [1.82, 2.24) is 0 Å². The van der Waals surface area contributed by atoms with Gasteiger partial charge >= 0.3 is 0 Å². The van der Waals surface area contributed by atoms with Gasteiger partial charge in [0.05, 0.1) is 5.54 Å². The Morgan fingerprint density at radius 2 is 2.07 bits per heavy atom. The molecule has 3 heteroatoms. The minimum absolute atomic E-state index is 0.130. The average Bonchev–Trinajstić information content (AvgIpc) is 2.42. The van der Waals surface area contributed by atoms with E-state index < -0.39 is 0 Å². The minimum Gasteiger partial charge on any atom is -0.379 e. The highest BCUT2D eigenvalue weighted by Gasteiger charge is 2.27. The molecule has 1 heterocycles. The molecular formula is C12H16N2S. The predicted octanol–water partition coefficient (Wildman–Crippen LogP) is 2.74. The van der Waals surface area contributed by atoms with Crippen molar-refractivity contribution < 1.29 is 0 Å². The summed E-state index contributed by atoms with van der Waals surface area (Å²) < 4.78 is 0. The third-order valence-corrected chi connectivity index (χ3v) is 3.69. The zero-order chi connectivity index (χ0) is 10.7. The van der Waals surface area contributed by atoms with E-state index in [0.717, 1.165) is 17.3 Å². The lowest BCUT2D eigenvalue weighted by atomic mass is 9.88. The maximum absolute atomic E-state index is 5.86. The molecule has 1 aromatic rings. The second kappa shape index (κ2) is 4.27. The molecule has 0 saturated carbocycles. The Hall–Kier alpha value is -0.960. The lowest BCUT2D eigenvalue weighted by molar-refractivity contribution is 0.455. The molecule has 1 aliphatic heterocycles. The Bertz CT molecular complexity index is 361. The van der Waals surface area contributed by atoms with Gasteiger partial charge in [0, 0.05) is 5.75 Å². The highest BCUT2D eigenvalue weighted by atomic mass is 32.2. The monoisotopic (exact) mass is 220 g/mol. The van der Waals surface area contributed by atoms with Crippen molar-refractivity contribution in [2.24, 2.45) is 10.7 Å². The maximum Gasteiger partial charge on any atom is 0.154 e. The summed E-state index contributed by atoms with van der Waals surface area (Å²) in [5.41, 5.74) is 6.99. The molecule has 0 fully saturated rings. The van der Waals surface area contributed by atoms with Crippen LogP contribution >= 0.6 is 11.8 Å². The first kappa shape index (κ1) is 10.6. The molecule has 0 aromatic heterocycles. The van der Waals surface area contributed by atoms with E-state index >= 15 is 0 Å². The van der Waals surface area contributed by atoms with E-state index in [-0.39, 0.29) is 5.54 Å². The van der Waals surface area contributed by atoms with Crippen molar-refractivity contribution in [3.8, 4) is 0 Å². The van der Waals surface area contributed by atoms with E-state index in [4.69, 9.17) is 5.73 Å². The normalized spacial score (nSPS) is 26.9. The van der Waals surface area contributed by atoms with Crippen LogP contribution in [0.15, 0.2) is 35.3 Å². The number of amidine groups is 1. The molecule has 2 rings (SSSR count). The maximum atomic E-state index is 5.86. The zero-order valence-corrected chi connectivity index (χ0v) is 9.76. The Balaban J connectivity index is 2.36. The van der Waals surface area contributed by atoms with Gasteiger partial charge in [-0.25, -0.2) is 0 Å². The number of thioether (sulfide) groups is 1. The summed E-state index contributed by atoms with van der Waals surface area (Å²) >= 11 is 1.66. The number of nitrogens with zero attached hydrogens (tertiary/aromatic N) is 1. The number of aliphatic imine (C=N–C) groups is 1. The molecule has 0 saturated heterocycles. The number of rotatable bonds is 1. The molecule has 1 aliphatic rings. The first-order chi connectivity index (χ1) is 7.21. The van der Waals surface area contributed by atoms with Crippen LogP contribution in [0.1, 0.15) is 25.3 Å². The summed E-state index contributed by atoms with van der Waals surface area (Å²) in [7, 11) is 0. The summed E-state index contributed by atoms with van der Waals surface area (Å²) in [5, 5.41) is 0.721.